The number of H-pyrrole nitrogens is 1. The molecule has 82 heavy (non-hydrogen) atoms. The van der Waals surface area contributed by atoms with Crippen LogP contribution >= 0.6 is 11.6 Å². The zero-order valence-electron chi connectivity index (χ0n) is 44.8. The fourth-order valence-corrected chi connectivity index (χ4v) is 10.4. The molecule has 4 aromatic carbocycles. The molecule has 1 unspecified atom stereocenters. The monoisotopic (exact) mass is 1150 g/mol. The Labute approximate surface area is 474 Å². The molecule has 8 amide bonds. The van der Waals surface area contributed by atoms with Crippen molar-refractivity contribution in [3.63, 3.8) is 0 Å². The van der Waals surface area contributed by atoms with E-state index in [0.717, 1.165) is 10.5 Å². The van der Waals surface area contributed by atoms with Crippen LogP contribution in [0.2, 0.25) is 0 Å². The Balaban J connectivity index is 0.885. The number of urea groups is 1. The van der Waals surface area contributed by atoms with E-state index in [-0.39, 0.29) is 106 Å². The molecular formula is C57H64ClN9O15. The molecule has 0 radical (unpaired) electrons. The van der Waals surface area contributed by atoms with Gasteiger partial charge in [0.25, 0.3) is 17.7 Å². The van der Waals surface area contributed by atoms with Crippen LogP contribution in [0.15, 0.2) is 91.0 Å². The van der Waals surface area contributed by atoms with Gasteiger partial charge in [0.15, 0.2) is 11.9 Å². The molecule has 3 aliphatic heterocycles. The molecular weight excluding hydrogens is 1090 g/mol. The van der Waals surface area contributed by atoms with Crippen molar-refractivity contribution in [1.82, 2.24) is 31.2 Å². The number of alkyl halides is 1. The molecule has 434 valence electrons. The third-order valence-corrected chi connectivity index (χ3v) is 14.8. The minimum Gasteiger partial charge on any atom is -0.479 e. The van der Waals surface area contributed by atoms with Crippen LogP contribution in [-0.4, -0.2) is 165 Å². The Kier molecular flexibility index (Phi) is 19.4. The van der Waals surface area contributed by atoms with Crippen molar-refractivity contribution in [2.75, 3.05) is 48.8 Å². The SMILES string of the molecule is CC(C)[C@H](NCCNC(=O)CCCN1C(=O)C=CC1=O)C(=O)N[C@@H](CCCNC(N)=O)C(=O)Nc1ccc(C(=O)Cc2ccc3[nH]c(C(=O)N4C[C@@H](CCl)c5c4cc(OC4O[C@H](C(=O)O)[C@@H](O)[C@H](O)[C@H]4O)c4ccccc54)cc3c2)cc1. The summed E-state index contributed by atoms with van der Waals surface area (Å²) < 4.78 is 11.5. The number of carbonyl (C=O) groups excluding carboxylic acids is 8. The van der Waals surface area contributed by atoms with Crippen molar-refractivity contribution >= 4 is 97.9 Å². The molecule has 1 aromatic heterocycles. The number of imide groups is 1. The molecule has 12 N–H and O–H groups in total. The lowest BCUT2D eigenvalue weighted by Gasteiger charge is -2.38. The minimum atomic E-state index is -1.93. The van der Waals surface area contributed by atoms with Gasteiger partial charge in [0.2, 0.25) is 24.0 Å². The maximum atomic E-state index is 14.5. The van der Waals surface area contributed by atoms with Gasteiger partial charge in [-0.2, -0.15) is 0 Å². The van der Waals surface area contributed by atoms with Crippen molar-refractivity contribution in [1.29, 1.82) is 0 Å². The molecule has 1 saturated heterocycles. The van der Waals surface area contributed by atoms with E-state index in [0.29, 0.717) is 44.2 Å². The van der Waals surface area contributed by atoms with Crippen molar-refractivity contribution in [3.8, 4) is 5.75 Å². The summed E-state index contributed by atoms with van der Waals surface area (Å²) >= 11 is 6.52. The topological polar surface area (TPSA) is 361 Å². The largest absolute Gasteiger partial charge is 0.479 e. The number of aliphatic hydroxyl groups excluding tert-OH is 3. The van der Waals surface area contributed by atoms with Gasteiger partial charge in [-0.05, 0) is 84.2 Å². The number of amides is 8. The molecule has 8 atom stereocenters. The van der Waals surface area contributed by atoms with Crippen LogP contribution in [0.4, 0.5) is 16.2 Å². The summed E-state index contributed by atoms with van der Waals surface area (Å²) in [6.45, 7) is 4.45. The number of aliphatic hydroxyl groups is 3. The Morgan fingerprint density at radius 2 is 1.56 bits per heavy atom. The molecule has 0 aliphatic carbocycles. The maximum absolute atomic E-state index is 14.5. The highest BCUT2D eigenvalue weighted by Gasteiger charge is 2.48. The number of halogens is 1. The van der Waals surface area contributed by atoms with E-state index in [1.165, 1.54) is 17.1 Å². The smallest absolute Gasteiger partial charge is 0.335 e. The number of nitrogens with two attached hydrogens (primary N) is 1. The molecule has 25 heteroatoms. The second kappa shape index (κ2) is 26.6. The van der Waals surface area contributed by atoms with Crippen LogP contribution in [0.25, 0.3) is 21.7 Å². The molecule has 0 bridgehead atoms. The minimum absolute atomic E-state index is 0.0143. The lowest BCUT2D eigenvalue weighted by atomic mass is 9.95. The number of primary amides is 1. The van der Waals surface area contributed by atoms with Crippen LogP contribution in [-0.2, 0) is 39.9 Å². The molecule has 0 spiro atoms. The summed E-state index contributed by atoms with van der Waals surface area (Å²) in [4.78, 5) is 121. The fraction of sp³-hybridized carbons (Fsp3) is 0.386. The molecule has 0 saturated carbocycles. The molecule has 1 fully saturated rings. The third-order valence-electron chi connectivity index (χ3n) is 14.4. The van der Waals surface area contributed by atoms with Crippen LogP contribution in [0.5, 0.6) is 5.75 Å². The van der Waals surface area contributed by atoms with Crippen molar-refractivity contribution < 1.29 is 73.1 Å². The normalized spacial score (nSPS) is 20.2. The fourth-order valence-electron chi connectivity index (χ4n) is 10.2. The second-order valence-corrected chi connectivity index (χ2v) is 20.8. The van der Waals surface area contributed by atoms with E-state index >= 15 is 0 Å². The summed E-state index contributed by atoms with van der Waals surface area (Å²) in [6, 6.07) is 19.3. The van der Waals surface area contributed by atoms with Crippen molar-refractivity contribution in [2.24, 2.45) is 11.7 Å². The first-order chi connectivity index (χ1) is 39.2. The number of aromatic amines is 1. The van der Waals surface area contributed by atoms with Crippen LogP contribution in [0, 0.1) is 5.92 Å². The summed E-state index contributed by atoms with van der Waals surface area (Å²) in [5.74, 6) is -4.70. The number of hydrogen-bond acceptors (Lipinski definition) is 15. The van der Waals surface area contributed by atoms with E-state index in [4.69, 9.17) is 26.8 Å². The highest BCUT2D eigenvalue weighted by Crippen LogP contribution is 2.47. The van der Waals surface area contributed by atoms with Gasteiger partial charge in [-0.25, -0.2) is 9.59 Å². The Bertz CT molecular complexity index is 3280. The number of nitrogens with one attached hydrogen (secondary N) is 6. The number of aliphatic carboxylic acids is 1. The number of fused-ring (bicyclic) bond motifs is 4. The zero-order valence-corrected chi connectivity index (χ0v) is 45.5. The Hall–Kier alpha value is -8.26. The van der Waals surface area contributed by atoms with Gasteiger partial charge < -0.3 is 72.1 Å². The van der Waals surface area contributed by atoms with Gasteiger partial charge in [-0.15, -0.1) is 11.6 Å². The van der Waals surface area contributed by atoms with Gasteiger partial charge in [-0.3, -0.25) is 38.5 Å². The van der Waals surface area contributed by atoms with E-state index in [9.17, 15) is 63.6 Å². The Morgan fingerprint density at radius 1 is 0.841 bits per heavy atom. The predicted molar refractivity (Wildman–Crippen MR) is 299 cm³/mol. The Morgan fingerprint density at radius 3 is 2.24 bits per heavy atom. The van der Waals surface area contributed by atoms with Gasteiger partial charge in [0.05, 0.1) is 11.7 Å². The number of carboxylic acid groups (broad SMARTS) is 1. The van der Waals surface area contributed by atoms with Crippen LogP contribution in [0.3, 0.4) is 0 Å². The number of nitrogens with zero attached hydrogens (tertiary/aromatic N) is 2. The third kappa shape index (κ3) is 13.9. The number of carbonyl (C=O) groups is 9. The van der Waals surface area contributed by atoms with E-state index in [2.05, 4.69) is 31.6 Å². The molecule has 3 aliphatic rings. The van der Waals surface area contributed by atoms with Gasteiger partial charge in [0.1, 0.15) is 35.8 Å². The first-order valence-corrected chi connectivity index (χ1v) is 27.2. The van der Waals surface area contributed by atoms with Crippen molar-refractivity contribution in [3.05, 3.63) is 113 Å². The summed E-state index contributed by atoms with van der Waals surface area (Å²) in [5, 5.41) is 57.0. The number of ether oxygens (including phenoxy) is 2. The number of ketones is 1. The molecule has 4 heterocycles. The number of anilines is 2. The number of carboxylic acids is 1. The van der Waals surface area contributed by atoms with Gasteiger partial charge >= 0.3 is 12.0 Å². The number of rotatable bonds is 25. The summed E-state index contributed by atoms with van der Waals surface area (Å²) in [7, 11) is 0. The number of hydrogen-bond donors (Lipinski definition) is 11. The van der Waals surface area contributed by atoms with Gasteiger partial charge in [-0.1, -0.05) is 44.2 Å². The van der Waals surface area contributed by atoms with Crippen molar-refractivity contribution in [2.45, 2.75) is 94.7 Å². The standard InChI is InChI=1S/C57H64ClN9O15/c1-29(2)47(61-21-20-60-43(69)10-6-22-66-44(70)17-18-45(66)71)53(76)65-38(9-5-19-62-57(59)80)52(75)63-34-14-12-31(13-15-34)41(68)24-30-11-16-37-32(23-30)25-39(64-37)54(77)67-28-33(27-58)46-36-8-4-3-7-35(36)42(26-40(46)67)81-56-50(74)48(72)49(73)51(82-56)55(78)79/h3-4,7-8,11-18,23,25-26,29,33,38,47-51,56,61,64,72-74H,5-6,9-10,19-22,24,27-28H2,1-2H3,(H,60,69)(H,63,75)(H,65,76)(H,78,79)(H3,59,62,80)/t33-,38+,47+,48+,49+,50-,51+,56?/m1/s1. The summed E-state index contributed by atoms with van der Waals surface area (Å²) in [6.07, 6.45) is -6.16. The second-order valence-electron chi connectivity index (χ2n) is 20.5. The maximum Gasteiger partial charge on any atom is 0.335 e. The number of benzene rings is 4. The van der Waals surface area contributed by atoms with E-state index < -0.39 is 84.3 Å². The van der Waals surface area contributed by atoms with E-state index in [1.54, 1.807) is 72.8 Å². The highest BCUT2D eigenvalue weighted by molar-refractivity contribution is 6.19. The van der Waals surface area contributed by atoms with Crippen LogP contribution < -0.4 is 42.0 Å². The average Bonchev–Trinajstić information content (AvgIpc) is 2.74. The molecule has 5 aromatic rings. The molecule has 24 nitrogen and oxygen atoms in total. The first-order valence-electron chi connectivity index (χ1n) is 26.7. The zero-order chi connectivity index (χ0) is 58.9. The number of Topliss-reactive ketones (excluding diaryl/α,β-unsaturated/α-hetero) is 1. The highest BCUT2D eigenvalue weighted by atomic mass is 35.5. The lowest BCUT2D eigenvalue weighted by molar-refractivity contribution is -0.270. The predicted octanol–water partition coefficient (Wildman–Crippen LogP) is 2.31. The van der Waals surface area contributed by atoms with Crippen LogP contribution in [0.1, 0.15) is 77.4 Å². The molecule has 8 rings (SSSR count). The summed E-state index contributed by atoms with van der Waals surface area (Å²) in [5.41, 5.74) is 8.59. The van der Waals surface area contributed by atoms with Gasteiger partial charge in [0, 0.05) is 103 Å². The lowest BCUT2D eigenvalue weighted by Crippen LogP contribution is -2.61. The number of aromatic nitrogens is 1. The average molecular weight is 1150 g/mol. The quantitative estimate of drug-likeness (QED) is 0.0173. The van der Waals surface area contributed by atoms with E-state index in [1.807, 2.05) is 19.9 Å². The first kappa shape index (κ1) is 59.9.